The number of benzene rings is 1. The van der Waals surface area contributed by atoms with Crippen molar-refractivity contribution in [3.05, 3.63) is 34.9 Å². The number of esters is 2. The number of ether oxygens (including phenoxy) is 2. The summed E-state index contributed by atoms with van der Waals surface area (Å²) in [5.41, 5.74) is 0.770. The molecule has 128 valence electrons. The van der Waals surface area contributed by atoms with Crippen molar-refractivity contribution in [1.82, 2.24) is 0 Å². The van der Waals surface area contributed by atoms with Crippen LogP contribution in [0.2, 0.25) is 0 Å². The first kappa shape index (κ1) is 19.7. The predicted octanol–water partition coefficient (Wildman–Crippen LogP) is 4.42. The molecule has 0 amide bonds. The van der Waals surface area contributed by atoms with E-state index >= 15 is 0 Å². The van der Waals surface area contributed by atoms with E-state index in [1.807, 2.05) is 47.6 Å². The lowest BCUT2D eigenvalue weighted by Crippen LogP contribution is -2.27. The van der Waals surface area contributed by atoms with Crippen molar-refractivity contribution in [2.24, 2.45) is 0 Å². The maximum Gasteiger partial charge on any atom is 0.338 e. The molecule has 23 heavy (non-hydrogen) atoms. The van der Waals surface area contributed by atoms with E-state index in [2.05, 4.69) is 15.9 Å². The molecule has 0 radical (unpaired) electrons. The zero-order valence-electron chi connectivity index (χ0n) is 14.7. The van der Waals surface area contributed by atoms with Crippen molar-refractivity contribution < 1.29 is 19.1 Å². The van der Waals surface area contributed by atoms with E-state index in [0.717, 1.165) is 5.56 Å². The van der Waals surface area contributed by atoms with Crippen molar-refractivity contribution in [2.75, 3.05) is 0 Å². The van der Waals surface area contributed by atoms with Crippen LogP contribution in [0.5, 0.6) is 0 Å². The van der Waals surface area contributed by atoms with Crippen molar-refractivity contribution in [2.45, 2.75) is 64.5 Å². The summed E-state index contributed by atoms with van der Waals surface area (Å²) < 4.78 is 10.8. The number of carbonyl (C=O) groups is 2. The van der Waals surface area contributed by atoms with Crippen LogP contribution >= 0.6 is 15.9 Å². The molecule has 0 unspecified atom stereocenters. The summed E-state index contributed by atoms with van der Waals surface area (Å²) in [7, 11) is 0. The van der Waals surface area contributed by atoms with Gasteiger partial charge < -0.3 is 9.47 Å². The Morgan fingerprint density at radius 3 is 2.04 bits per heavy atom. The minimum absolute atomic E-state index is 0.0353. The van der Waals surface area contributed by atoms with E-state index in [1.54, 1.807) is 12.1 Å². The van der Waals surface area contributed by atoms with Crippen LogP contribution in [-0.4, -0.2) is 23.1 Å². The normalized spacial score (nSPS) is 12.0. The van der Waals surface area contributed by atoms with Crippen molar-refractivity contribution >= 4 is 27.9 Å². The molecule has 0 aliphatic carbocycles. The Kier molecular flexibility index (Phi) is 6.40. The summed E-state index contributed by atoms with van der Waals surface area (Å²) in [5, 5.41) is 0.543. The summed E-state index contributed by atoms with van der Waals surface area (Å²) in [6, 6.07) is 5.34. The smallest absolute Gasteiger partial charge is 0.338 e. The molecule has 0 N–H and O–H groups in total. The molecule has 0 aliphatic rings. The molecule has 1 aromatic carbocycles. The zero-order valence-corrected chi connectivity index (χ0v) is 16.2. The lowest BCUT2D eigenvalue weighted by atomic mass is 9.98. The van der Waals surface area contributed by atoms with Gasteiger partial charge in [-0.25, -0.2) is 4.79 Å². The zero-order chi connectivity index (χ0) is 17.8. The van der Waals surface area contributed by atoms with Crippen molar-refractivity contribution in [1.29, 1.82) is 0 Å². The number of hydrogen-bond donors (Lipinski definition) is 0. The molecule has 0 heterocycles. The van der Waals surface area contributed by atoms with Gasteiger partial charge in [-0.2, -0.15) is 0 Å². The van der Waals surface area contributed by atoms with Gasteiger partial charge in [-0.1, -0.05) is 28.1 Å². The quantitative estimate of drug-likeness (QED) is 0.569. The maximum atomic E-state index is 12.4. The van der Waals surface area contributed by atoms with Crippen LogP contribution in [0.4, 0.5) is 0 Å². The first-order chi connectivity index (χ1) is 10.4. The second-order valence-electron chi connectivity index (χ2n) is 7.34. The second-order valence-corrected chi connectivity index (χ2v) is 7.90. The number of rotatable bonds is 4. The van der Waals surface area contributed by atoms with Gasteiger partial charge in [0.05, 0.1) is 12.0 Å². The highest BCUT2D eigenvalue weighted by Crippen LogP contribution is 2.22. The Morgan fingerprint density at radius 1 is 1.00 bits per heavy atom. The van der Waals surface area contributed by atoms with Gasteiger partial charge in [-0.3, -0.25) is 4.79 Å². The SMILES string of the molecule is CC(C)(C)OC(=O)Cc1c(CBr)cccc1C(=O)OC(C)(C)C. The topological polar surface area (TPSA) is 52.6 Å². The van der Waals surface area contributed by atoms with E-state index in [-0.39, 0.29) is 12.4 Å². The van der Waals surface area contributed by atoms with E-state index in [9.17, 15) is 9.59 Å². The van der Waals surface area contributed by atoms with Gasteiger partial charge in [-0.15, -0.1) is 0 Å². The number of alkyl halides is 1. The Bertz CT molecular complexity index is 580. The minimum Gasteiger partial charge on any atom is -0.460 e. The Morgan fingerprint density at radius 2 is 1.57 bits per heavy atom. The van der Waals surface area contributed by atoms with Crippen LogP contribution in [0.1, 0.15) is 63.0 Å². The summed E-state index contributed by atoms with van der Waals surface area (Å²) in [6.07, 6.45) is 0.0353. The molecule has 4 nitrogen and oxygen atoms in total. The number of carbonyl (C=O) groups excluding carboxylic acids is 2. The van der Waals surface area contributed by atoms with E-state index in [1.165, 1.54) is 0 Å². The molecule has 0 aliphatic heterocycles. The monoisotopic (exact) mass is 384 g/mol. The highest BCUT2D eigenvalue weighted by molar-refractivity contribution is 9.08. The summed E-state index contributed by atoms with van der Waals surface area (Å²) in [5.74, 6) is -0.797. The molecule has 5 heteroatoms. The second kappa shape index (κ2) is 7.47. The third-order valence-electron chi connectivity index (χ3n) is 2.78. The van der Waals surface area contributed by atoms with Crippen molar-refractivity contribution in [3.63, 3.8) is 0 Å². The predicted molar refractivity (Wildman–Crippen MR) is 93.8 cm³/mol. The van der Waals surface area contributed by atoms with Crippen LogP contribution in [0.25, 0.3) is 0 Å². The largest absolute Gasteiger partial charge is 0.460 e. The highest BCUT2D eigenvalue weighted by atomic mass is 79.9. The van der Waals surface area contributed by atoms with Crippen LogP contribution in [0.15, 0.2) is 18.2 Å². The maximum absolute atomic E-state index is 12.4. The van der Waals surface area contributed by atoms with Gasteiger partial charge in [0.25, 0.3) is 0 Å². The molecular formula is C18H25BrO4. The van der Waals surface area contributed by atoms with Gasteiger partial charge >= 0.3 is 11.9 Å². The minimum atomic E-state index is -0.593. The molecule has 0 atom stereocenters. The number of hydrogen-bond acceptors (Lipinski definition) is 4. The van der Waals surface area contributed by atoms with E-state index in [4.69, 9.17) is 9.47 Å². The Hall–Kier alpha value is -1.36. The van der Waals surface area contributed by atoms with Gasteiger partial charge in [-0.05, 0) is 58.7 Å². The first-order valence-corrected chi connectivity index (χ1v) is 8.67. The molecule has 0 bridgehead atoms. The molecule has 0 fully saturated rings. The number of halogens is 1. The molecule has 0 saturated heterocycles. The van der Waals surface area contributed by atoms with Crippen LogP contribution in [0.3, 0.4) is 0 Å². The molecule has 1 aromatic rings. The average molecular weight is 385 g/mol. The summed E-state index contributed by atoms with van der Waals surface area (Å²) in [4.78, 5) is 24.6. The standard InChI is InChI=1S/C18H25BrO4/c1-17(2,3)22-15(20)10-14-12(11-19)8-7-9-13(14)16(21)23-18(4,5)6/h7-9H,10-11H2,1-6H3. The van der Waals surface area contributed by atoms with E-state index < -0.39 is 17.2 Å². The molecular weight excluding hydrogens is 360 g/mol. The third kappa shape index (κ3) is 6.73. The summed E-state index contributed by atoms with van der Waals surface area (Å²) >= 11 is 3.40. The fraction of sp³-hybridized carbons (Fsp3) is 0.556. The van der Waals surface area contributed by atoms with Gasteiger partial charge in [0.15, 0.2) is 0 Å². The highest BCUT2D eigenvalue weighted by Gasteiger charge is 2.24. The van der Waals surface area contributed by atoms with Crippen LogP contribution in [-0.2, 0) is 26.0 Å². The lowest BCUT2D eigenvalue weighted by Gasteiger charge is -2.22. The van der Waals surface area contributed by atoms with Crippen molar-refractivity contribution in [3.8, 4) is 0 Å². The van der Waals surface area contributed by atoms with Gasteiger partial charge in [0, 0.05) is 5.33 Å². The van der Waals surface area contributed by atoms with Crippen LogP contribution in [0, 0.1) is 0 Å². The molecule has 0 saturated carbocycles. The molecule has 0 spiro atoms. The average Bonchev–Trinajstić information content (AvgIpc) is 2.34. The molecule has 0 aromatic heterocycles. The third-order valence-corrected chi connectivity index (χ3v) is 3.38. The Balaban J connectivity index is 3.13. The molecule has 1 rings (SSSR count). The van der Waals surface area contributed by atoms with Crippen LogP contribution < -0.4 is 0 Å². The first-order valence-electron chi connectivity index (χ1n) is 7.55. The lowest BCUT2D eigenvalue weighted by molar-refractivity contribution is -0.153. The Labute approximate surface area is 146 Å². The van der Waals surface area contributed by atoms with Gasteiger partial charge in [0.1, 0.15) is 11.2 Å². The fourth-order valence-electron chi connectivity index (χ4n) is 2.01. The van der Waals surface area contributed by atoms with E-state index in [0.29, 0.717) is 16.5 Å². The fourth-order valence-corrected chi connectivity index (χ4v) is 2.54. The van der Waals surface area contributed by atoms with Gasteiger partial charge in [0.2, 0.25) is 0 Å². The summed E-state index contributed by atoms with van der Waals surface area (Å²) in [6.45, 7) is 10.9.